The van der Waals surface area contributed by atoms with E-state index in [2.05, 4.69) is 20.8 Å². The summed E-state index contributed by atoms with van der Waals surface area (Å²) in [7, 11) is 0. The number of carbonyl (C=O) groups excluding carboxylic acids is 1. The molecule has 120 valence electrons. The molecule has 0 aliphatic rings. The zero-order chi connectivity index (χ0) is 16.2. The first-order valence-electron chi connectivity index (χ1n) is 7.92. The molecule has 3 nitrogen and oxygen atoms in total. The molecule has 1 atom stereocenters. The monoisotopic (exact) mass is 348 g/mol. The molecular weight excluding hydrogens is 313 g/mol. The summed E-state index contributed by atoms with van der Waals surface area (Å²) in [5, 5.41) is 14.5. The molecule has 0 aromatic carbocycles. The molecule has 4 heteroatoms. The van der Waals surface area contributed by atoms with Crippen molar-refractivity contribution >= 4 is 19.2 Å². The average Bonchev–Trinajstić information content (AvgIpc) is 2.28. The van der Waals surface area contributed by atoms with Crippen LogP contribution in [-0.4, -0.2) is 34.4 Å². The van der Waals surface area contributed by atoms with Gasteiger partial charge >= 0.3 is 127 Å². The third-order valence-corrected chi connectivity index (χ3v) is 18.7. The number of hydrogen-bond acceptors (Lipinski definition) is 3. The van der Waals surface area contributed by atoms with Crippen molar-refractivity contribution in [3.63, 3.8) is 0 Å². The van der Waals surface area contributed by atoms with Crippen molar-refractivity contribution in [2.75, 3.05) is 0 Å². The van der Waals surface area contributed by atoms with Crippen LogP contribution in [-0.2, 0) is 9.53 Å². The van der Waals surface area contributed by atoms with Gasteiger partial charge in [0, 0.05) is 0 Å². The fourth-order valence-electron chi connectivity index (χ4n) is 3.27. The van der Waals surface area contributed by atoms with Crippen molar-refractivity contribution in [3.8, 4) is 0 Å². The van der Waals surface area contributed by atoms with Gasteiger partial charge in [0.25, 0.3) is 0 Å². The number of esters is 1. The van der Waals surface area contributed by atoms with Gasteiger partial charge in [-0.3, -0.25) is 0 Å². The number of hydrogen-bond donors (Lipinski definition) is 1. The van der Waals surface area contributed by atoms with E-state index in [-0.39, 0.29) is 18.3 Å². The molecule has 1 N–H and O–H groups in total. The van der Waals surface area contributed by atoms with Gasteiger partial charge in [-0.15, -0.1) is 0 Å². The van der Waals surface area contributed by atoms with Crippen LogP contribution < -0.4 is 0 Å². The molecule has 20 heavy (non-hydrogen) atoms. The van der Waals surface area contributed by atoms with Crippen molar-refractivity contribution in [1.29, 1.82) is 0 Å². The van der Waals surface area contributed by atoms with Gasteiger partial charge in [0.2, 0.25) is 0 Å². The third-order valence-electron chi connectivity index (χ3n) is 4.74. The topological polar surface area (TPSA) is 46.5 Å². The Labute approximate surface area is 127 Å². The summed E-state index contributed by atoms with van der Waals surface area (Å²) in [5.74, 6) is -0.172. The molecule has 0 heterocycles. The van der Waals surface area contributed by atoms with Crippen molar-refractivity contribution in [2.45, 2.75) is 87.6 Å². The zero-order valence-corrected chi connectivity index (χ0v) is 16.8. The standard InChI is InChI=1S/C16H34GeO3/c1-9-17(10-2,11-3)16(19,13(4)5)12-14(18)20-15(6,7)8/h13,19H,9-12H2,1-8H3. The summed E-state index contributed by atoms with van der Waals surface area (Å²) < 4.78 is 4.61. The van der Waals surface area contributed by atoms with Crippen LogP contribution in [0, 0.1) is 5.92 Å². The van der Waals surface area contributed by atoms with Crippen molar-refractivity contribution in [2.24, 2.45) is 5.92 Å². The summed E-state index contributed by atoms with van der Waals surface area (Å²) in [5.41, 5.74) is -0.491. The van der Waals surface area contributed by atoms with E-state index in [1.807, 2.05) is 34.6 Å². The van der Waals surface area contributed by atoms with E-state index in [1.54, 1.807) is 0 Å². The normalized spacial score (nSPS) is 16.1. The minimum absolute atomic E-state index is 0.0925. The second-order valence-electron chi connectivity index (χ2n) is 7.18. The van der Waals surface area contributed by atoms with E-state index in [1.165, 1.54) is 0 Å². The van der Waals surface area contributed by atoms with Crippen molar-refractivity contribution in [1.82, 2.24) is 0 Å². The Morgan fingerprint density at radius 1 is 1.10 bits per heavy atom. The number of aliphatic hydroxyl groups is 1. The third kappa shape index (κ3) is 4.49. The minimum atomic E-state index is -2.51. The predicted molar refractivity (Wildman–Crippen MR) is 87.4 cm³/mol. The van der Waals surface area contributed by atoms with Crippen molar-refractivity contribution in [3.05, 3.63) is 0 Å². The van der Waals surface area contributed by atoms with Gasteiger partial charge in [-0.1, -0.05) is 0 Å². The van der Waals surface area contributed by atoms with Gasteiger partial charge in [0.1, 0.15) is 0 Å². The Balaban J connectivity index is 5.36. The van der Waals surface area contributed by atoms with Crippen molar-refractivity contribution < 1.29 is 14.6 Å². The van der Waals surface area contributed by atoms with Gasteiger partial charge in [0.15, 0.2) is 0 Å². The van der Waals surface area contributed by atoms with Gasteiger partial charge in [-0.2, -0.15) is 0 Å². The Bertz CT molecular complexity index is 308. The maximum absolute atomic E-state index is 12.2. The molecule has 1 unspecified atom stereocenters. The number of carbonyl (C=O) groups is 1. The molecule has 0 amide bonds. The molecule has 0 spiro atoms. The molecule has 0 saturated heterocycles. The molecule has 0 aromatic heterocycles. The van der Waals surface area contributed by atoms with E-state index < -0.39 is 23.3 Å². The molecular formula is C16H34GeO3. The first-order chi connectivity index (χ1) is 8.98. The maximum atomic E-state index is 12.2. The van der Waals surface area contributed by atoms with E-state index in [0.717, 1.165) is 15.8 Å². The summed E-state index contributed by atoms with van der Waals surface area (Å²) in [6.45, 7) is 16.2. The summed E-state index contributed by atoms with van der Waals surface area (Å²) >= 11 is -2.51. The Morgan fingerprint density at radius 2 is 1.50 bits per heavy atom. The number of ether oxygens (including phenoxy) is 1. The Kier molecular flexibility index (Phi) is 7.29. The van der Waals surface area contributed by atoms with Crippen LogP contribution >= 0.6 is 0 Å². The van der Waals surface area contributed by atoms with Crippen LogP contribution in [0.2, 0.25) is 15.8 Å². The second kappa shape index (κ2) is 7.30. The zero-order valence-electron chi connectivity index (χ0n) is 14.7. The van der Waals surface area contributed by atoms with Crippen LogP contribution in [0.3, 0.4) is 0 Å². The fourth-order valence-corrected chi connectivity index (χ4v) is 13.9. The van der Waals surface area contributed by atoms with Crippen LogP contribution in [0.1, 0.15) is 61.8 Å². The molecule has 0 rings (SSSR count). The van der Waals surface area contributed by atoms with E-state index in [9.17, 15) is 9.90 Å². The number of rotatable bonds is 7. The fraction of sp³-hybridized carbons (Fsp3) is 0.938. The predicted octanol–water partition coefficient (Wildman–Crippen LogP) is 4.15. The quantitative estimate of drug-likeness (QED) is 0.556. The first kappa shape index (κ1) is 20.0. The second-order valence-corrected chi connectivity index (χ2v) is 18.8. The molecule has 0 radical (unpaired) electrons. The summed E-state index contributed by atoms with van der Waals surface area (Å²) in [4.78, 5) is 12.2. The molecule has 0 bridgehead atoms. The van der Waals surface area contributed by atoms with Gasteiger partial charge in [0.05, 0.1) is 0 Å². The van der Waals surface area contributed by atoms with Crippen LogP contribution in [0.4, 0.5) is 0 Å². The Hall–Kier alpha value is -0.0271. The molecule has 0 aromatic rings. The Morgan fingerprint density at radius 3 is 1.75 bits per heavy atom. The molecule has 0 fully saturated rings. The summed E-state index contributed by atoms with van der Waals surface area (Å²) in [6, 6.07) is 0. The first-order valence-corrected chi connectivity index (χ1v) is 13.4. The van der Waals surface area contributed by atoms with E-state index in [4.69, 9.17) is 4.74 Å². The SMILES string of the molecule is C[CH2][Ge]([CH2]C)([CH2]C)[C](O)(CC(=O)OC(C)(C)C)C(C)C. The van der Waals surface area contributed by atoms with Crippen LogP contribution in [0.5, 0.6) is 0 Å². The molecule has 0 aliphatic heterocycles. The van der Waals surface area contributed by atoms with Gasteiger partial charge in [-0.25, -0.2) is 0 Å². The van der Waals surface area contributed by atoms with Gasteiger partial charge < -0.3 is 0 Å². The van der Waals surface area contributed by atoms with Crippen LogP contribution in [0.25, 0.3) is 0 Å². The average molecular weight is 347 g/mol. The molecule has 0 aliphatic carbocycles. The van der Waals surface area contributed by atoms with Gasteiger partial charge in [-0.05, 0) is 0 Å². The van der Waals surface area contributed by atoms with Crippen LogP contribution in [0.15, 0.2) is 0 Å². The summed E-state index contributed by atoms with van der Waals surface area (Å²) in [6.07, 6.45) is 0.150. The van der Waals surface area contributed by atoms with E-state index in [0.29, 0.717) is 0 Å². The molecule has 0 saturated carbocycles. The van der Waals surface area contributed by atoms with E-state index >= 15 is 0 Å².